The van der Waals surface area contributed by atoms with Crippen molar-refractivity contribution in [2.45, 2.75) is 32.2 Å². The van der Waals surface area contributed by atoms with E-state index in [1.54, 1.807) is 35.1 Å². The Hall–Kier alpha value is -6.49. The van der Waals surface area contributed by atoms with Crippen molar-refractivity contribution in [3.63, 3.8) is 0 Å². The number of benzene rings is 5. The fourth-order valence-electron chi connectivity index (χ4n) is 7.29. The van der Waals surface area contributed by atoms with E-state index in [2.05, 4.69) is 17.0 Å². The molecule has 0 saturated heterocycles. The molecule has 3 heterocycles. The van der Waals surface area contributed by atoms with Crippen molar-refractivity contribution < 1.29 is 28.5 Å². The van der Waals surface area contributed by atoms with Crippen LogP contribution in [0.3, 0.4) is 0 Å². The molecule has 5 aromatic carbocycles. The van der Waals surface area contributed by atoms with E-state index >= 15 is 0 Å². The van der Waals surface area contributed by atoms with Gasteiger partial charge in [0.1, 0.15) is 19.4 Å². The number of aliphatic imine (C=N–C) groups is 1. The van der Waals surface area contributed by atoms with Crippen LogP contribution < -0.4 is 39.8 Å². The summed E-state index contributed by atoms with van der Waals surface area (Å²) in [5.74, 6) is 1.48. The first-order chi connectivity index (χ1) is 25.3. The van der Waals surface area contributed by atoms with Crippen LogP contribution in [0.15, 0.2) is 96.0 Å². The van der Waals surface area contributed by atoms with Crippen molar-refractivity contribution >= 4 is 47.0 Å². The maximum absolute atomic E-state index is 13.7. The lowest BCUT2D eigenvalue weighted by Gasteiger charge is -2.33. The van der Waals surface area contributed by atoms with Gasteiger partial charge in [0, 0.05) is 42.2 Å². The molecule has 3 aliphatic rings. The van der Waals surface area contributed by atoms with Crippen LogP contribution in [0.25, 0.3) is 0 Å². The highest BCUT2D eigenvalue weighted by atomic mass is 16.5. The van der Waals surface area contributed by atoms with Crippen LogP contribution in [0.2, 0.25) is 0 Å². The Kier molecular flexibility index (Phi) is 8.38. The maximum atomic E-state index is 13.7. The molecule has 8 rings (SSSR count). The first-order valence-electron chi connectivity index (χ1n) is 17.0. The molecule has 0 aliphatic carbocycles. The molecule has 0 bridgehead atoms. The Morgan fingerprint density at radius 3 is 2.21 bits per heavy atom. The number of nitrogen functional groups attached to an aromatic ring is 1. The molecule has 11 heteroatoms. The summed E-state index contributed by atoms with van der Waals surface area (Å²) in [6, 6.07) is 28.3. The van der Waals surface area contributed by atoms with E-state index in [1.807, 2.05) is 72.8 Å². The molecule has 0 aromatic heterocycles. The highest BCUT2D eigenvalue weighted by Crippen LogP contribution is 2.43. The zero-order valence-corrected chi connectivity index (χ0v) is 28.8. The van der Waals surface area contributed by atoms with Gasteiger partial charge >= 0.3 is 0 Å². The molecule has 1 unspecified atom stereocenters. The Balaban J connectivity index is 0.979. The normalized spacial score (nSPS) is 15.2. The molecule has 2 amide bonds. The molecule has 0 radical (unpaired) electrons. The van der Waals surface area contributed by atoms with Crippen molar-refractivity contribution in [3.8, 4) is 23.0 Å². The number of hydrogen-bond donors (Lipinski definition) is 2. The average Bonchev–Trinajstić information content (AvgIpc) is 3.77. The number of ether oxygens (including phenoxy) is 4. The molecule has 0 fully saturated rings. The molecule has 3 N–H and O–H groups in total. The van der Waals surface area contributed by atoms with E-state index < -0.39 is 0 Å². The standard InChI is InChI=1S/C41H37N5O6/c1-43-31-20-37(35(49-2)18-29(31)40(47)45-13-12-26-8-4-6-10-33(26)45)51-22-24-14-25(16-28(42)15-24)23-52-38-21-32-30(19-36(38)50-3)41(48)46-34-11-7-5-9-27(34)17-39(46)44-32/h4-11,14-16,18-21,39,44H,1,12-13,17,22-23,42H2,2-3H3. The average molecular weight is 696 g/mol. The number of fused-ring (bicyclic) bond motifs is 5. The topological polar surface area (TPSA) is 128 Å². The predicted octanol–water partition coefficient (Wildman–Crippen LogP) is 6.93. The van der Waals surface area contributed by atoms with Crippen molar-refractivity contribution in [1.82, 2.24) is 0 Å². The molecule has 52 heavy (non-hydrogen) atoms. The summed E-state index contributed by atoms with van der Waals surface area (Å²) in [5, 5.41) is 3.51. The van der Waals surface area contributed by atoms with Crippen LogP contribution in [-0.2, 0) is 26.1 Å². The van der Waals surface area contributed by atoms with Crippen molar-refractivity contribution in [2.75, 3.05) is 41.6 Å². The van der Waals surface area contributed by atoms with Gasteiger partial charge in [-0.25, -0.2) is 0 Å². The minimum Gasteiger partial charge on any atom is -0.493 e. The third-order valence-electron chi connectivity index (χ3n) is 9.73. The Bertz CT molecular complexity index is 2250. The van der Waals surface area contributed by atoms with E-state index in [0.717, 1.165) is 40.0 Å². The SMILES string of the molecule is C=Nc1cc(OCc2cc(N)cc(COc3cc4c(cc3OC)C(=O)N3c5ccccc5CC3N4)c2)c(OC)cc1C(=O)N1CCc2ccccc21. The quantitative estimate of drug-likeness (QED) is 0.119. The van der Waals surface area contributed by atoms with E-state index in [9.17, 15) is 9.59 Å². The van der Waals surface area contributed by atoms with Crippen molar-refractivity contribution in [2.24, 2.45) is 4.99 Å². The Morgan fingerprint density at radius 2 is 1.50 bits per heavy atom. The lowest BCUT2D eigenvalue weighted by Crippen LogP contribution is -2.46. The summed E-state index contributed by atoms with van der Waals surface area (Å²) < 4.78 is 23.8. The highest BCUT2D eigenvalue weighted by Gasteiger charge is 2.39. The van der Waals surface area contributed by atoms with Gasteiger partial charge in [0.2, 0.25) is 0 Å². The minimum absolute atomic E-state index is 0.0831. The number of hydrogen-bond acceptors (Lipinski definition) is 9. The molecule has 0 spiro atoms. The van der Waals surface area contributed by atoms with Gasteiger partial charge in [-0.3, -0.25) is 19.5 Å². The second kappa shape index (κ2) is 13.3. The smallest absolute Gasteiger partial charge is 0.262 e. The second-order valence-electron chi connectivity index (χ2n) is 12.9. The molecule has 262 valence electrons. The number of nitrogens with two attached hydrogens (primary N) is 1. The van der Waals surface area contributed by atoms with Gasteiger partial charge in [-0.2, -0.15) is 0 Å². The van der Waals surface area contributed by atoms with Gasteiger partial charge in [-0.1, -0.05) is 36.4 Å². The van der Waals surface area contributed by atoms with E-state index in [1.165, 1.54) is 7.11 Å². The predicted molar refractivity (Wildman–Crippen MR) is 201 cm³/mol. The van der Waals surface area contributed by atoms with Crippen LogP contribution in [0, 0.1) is 0 Å². The number of methoxy groups -OCH3 is 2. The van der Waals surface area contributed by atoms with Gasteiger partial charge in [0.25, 0.3) is 11.8 Å². The van der Waals surface area contributed by atoms with Crippen LogP contribution in [0.1, 0.15) is 43.0 Å². The summed E-state index contributed by atoms with van der Waals surface area (Å²) in [4.78, 5) is 35.0. The maximum Gasteiger partial charge on any atom is 0.262 e. The Labute approximate surface area is 301 Å². The number of anilines is 4. The van der Waals surface area contributed by atoms with Crippen LogP contribution in [0.4, 0.5) is 28.4 Å². The van der Waals surface area contributed by atoms with Crippen LogP contribution in [0.5, 0.6) is 23.0 Å². The zero-order valence-electron chi connectivity index (χ0n) is 28.8. The van der Waals surface area contributed by atoms with Crippen LogP contribution in [-0.4, -0.2) is 45.5 Å². The number of rotatable bonds is 10. The summed E-state index contributed by atoms with van der Waals surface area (Å²) in [6.45, 7) is 4.64. The third kappa shape index (κ3) is 5.79. The number of para-hydroxylation sites is 2. The van der Waals surface area contributed by atoms with E-state index in [0.29, 0.717) is 64.2 Å². The number of nitrogens with one attached hydrogen (secondary N) is 1. The molecule has 0 saturated carbocycles. The summed E-state index contributed by atoms with van der Waals surface area (Å²) in [5.41, 5.74) is 14.5. The fraction of sp³-hybridized carbons (Fsp3) is 0.195. The summed E-state index contributed by atoms with van der Waals surface area (Å²) >= 11 is 0. The summed E-state index contributed by atoms with van der Waals surface area (Å²) in [6.07, 6.45) is 1.33. The lowest BCUT2D eigenvalue weighted by molar-refractivity contribution is 0.0974. The molecule has 3 aliphatic heterocycles. The van der Waals surface area contributed by atoms with Crippen molar-refractivity contribution in [1.29, 1.82) is 0 Å². The van der Waals surface area contributed by atoms with Gasteiger partial charge < -0.3 is 34.9 Å². The highest BCUT2D eigenvalue weighted by molar-refractivity contribution is 6.14. The largest absolute Gasteiger partial charge is 0.493 e. The van der Waals surface area contributed by atoms with E-state index in [-0.39, 0.29) is 31.2 Å². The minimum atomic E-state index is -0.179. The number of carbonyl (C=O) groups is 2. The van der Waals surface area contributed by atoms with Crippen LogP contribution >= 0.6 is 0 Å². The van der Waals surface area contributed by atoms with Crippen molar-refractivity contribution in [3.05, 3.63) is 124 Å². The van der Waals surface area contributed by atoms with Gasteiger partial charge in [-0.05, 0) is 77.9 Å². The fourth-order valence-corrected chi connectivity index (χ4v) is 7.29. The monoisotopic (exact) mass is 695 g/mol. The van der Waals surface area contributed by atoms with Gasteiger partial charge in [-0.15, -0.1) is 0 Å². The second-order valence-corrected chi connectivity index (χ2v) is 12.9. The molecular formula is C41H37N5O6. The van der Waals surface area contributed by atoms with Gasteiger partial charge in [0.15, 0.2) is 23.0 Å². The molecule has 1 atom stereocenters. The Morgan fingerprint density at radius 1 is 0.846 bits per heavy atom. The zero-order chi connectivity index (χ0) is 35.9. The van der Waals surface area contributed by atoms with E-state index in [4.69, 9.17) is 24.7 Å². The summed E-state index contributed by atoms with van der Waals surface area (Å²) in [7, 11) is 3.08. The number of carbonyl (C=O) groups excluding carboxylic acids is 2. The molecule has 11 nitrogen and oxygen atoms in total. The van der Waals surface area contributed by atoms with Gasteiger partial charge in [0.05, 0.1) is 36.7 Å². The molecule has 5 aromatic rings. The third-order valence-corrected chi connectivity index (χ3v) is 9.73. The number of nitrogens with zero attached hydrogens (tertiary/aromatic N) is 3. The lowest BCUT2D eigenvalue weighted by atomic mass is 10.1. The number of amides is 2. The first kappa shape index (κ1) is 32.7. The molecular weight excluding hydrogens is 658 g/mol. The first-order valence-corrected chi connectivity index (χ1v) is 17.0.